The third-order valence-electron chi connectivity index (χ3n) is 5.82. The van der Waals surface area contributed by atoms with Crippen LogP contribution in [0.1, 0.15) is 42.2 Å². The van der Waals surface area contributed by atoms with Gasteiger partial charge in [-0.3, -0.25) is 19.3 Å². The van der Waals surface area contributed by atoms with Crippen molar-refractivity contribution in [3.63, 3.8) is 0 Å². The van der Waals surface area contributed by atoms with Gasteiger partial charge in [0.2, 0.25) is 0 Å². The highest BCUT2D eigenvalue weighted by Crippen LogP contribution is 2.24. The van der Waals surface area contributed by atoms with Crippen LogP contribution in [0.15, 0.2) is 55.1 Å². The molecular weight excluding hydrogens is 378 g/mol. The number of quaternary nitrogens is 1. The second-order valence-corrected chi connectivity index (χ2v) is 7.98. The summed E-state index contributed by atoms with van der Waals surface area (Å²) in [7, 11) is 0. The van der Waals surface area contributed by atoms with E-state index >= 15 is 0 Å². The lowest BCUT2D eigenvalue weighted by atomic mass is 10.0. The third-order valence-corrected chi connectivity index (χ3v) is 5.82. The fraction of sp³-hybridized carbons (Fsp3) is 0.292. The fourth-order valence-electron chi connectivity index (χ4n) is 4.21. The van der Waals surface area contributed by atoms with Crippen LogP contribution in [0.25, 0.3) is 0 Å². The second kappa shape index (κ2) is 8.24. The molecule has 0 bridgehead atoms. The number of rotatable bonds is 5. The summed E-state index contributed by atoms with van der Waals surface area (Å²) in [6, 6.07) is 13.3. The number of hydrogen-bond donors (Lipinski definition) is 1. The predicted octanol–water partition coefficient (Wildman–Crippen LogP) is 1.32. The normalized spacial score (nSPS) is 16.7. The molecule has 30 heavy (non-hydrogen) atoms. The van der Waals surface area contributed by atoms with Crippen LogP contribution in [0.2, 0.25) is 0 Å². The van der Waals surface area contributed by atoms with Crippen molar-refractivity contribution in [3.05, 3.63) is 82.9 Å². The molecule has 2 aromatic carbocycles. The van der Waals surface area contributed by atoms with Gasteiger partial charge in [-0.25, -0.2) is 0 Å². The first-order valence-electron chi connectivity index (χ1n) is 10.3. The maximum atomic E-state index is 13.0. The van der Waals surface area contributed by atoms with E-state index in [-0.39, 0.29) is 24.3 Å². The number of piperazine rings is 1. The van der Waals surface area contributed by atoms with Crippen LogP contribution in [-0.4, -0.2) is 60.2 Å². The van der Waals surface area contributed by atoms with Crippen LogP contribution in [0.5, 0.6) is 0 Å². The molecule has 2 aliphatic rings. The molecule has 0 radical (unpaired) electrons. The van der Waals surface area contributed by atoms with E-state index in [2.05, 4.69) is 37.8 Å². The van der Waals surface area contributed by atoms with Gasteiger partial charge in [-0.05, 0) is 25.1 Å². The molecular formula is C24H26N3O3+. The van der Waals surface area contributed by atoms with Crippen LogP contribution in [0.3, 0.4) is 0 Å². The molecule has 0 aliphatic carbocycles. The minimum absolute atomic E-state index is 0.0881. The summed E-state index contributed by atoms with van der Waals surface area (Å²) < 4.78 is 0. The van der Waals surface area contributed by atoms with Crippen LogP contribution in [0.4, 0.5) is 0 Å². The molecule has 2 aliphatic heterocycles. The van der Waals surface area contributed by atoms with Gasteiger partial charge in [0, 0.05) is 17.7 Å². The Morgan fingerprint density at radius 2 is 1.80 bits per heavy atom. The van der Waals surface area contributed by atoms with E-state index < -0.39 is 0 Å². The monoisotopic (exact) mass is 404 g/mol. The summed E-state index contributed by atoms with van der Waals surface area (Å²) in [6.07, 6.45) is 1.52. The van der Waals surface area contributed by atoms with Gasteiger partial charge in [-0.2, -0.15) is 0 Å². The van der Waals surface area contributed by atoms with Gasteiger partial charge in [0.05, 0.1) is 37.3 Å². The maximum Gasteiger partial charge on any atom is 0.261 e. The van der Waals surface area contributed by atoms with Crippen LogP contribution >= 0.6 is 0 Å². The molecule has 6 heteroatoms. The fourth-order valence-corrected chi connectivity index (χ4v) is 4.21. The van der Waals surface area contributed by atoms with Gasteiger partial charge >= 0.3 is 0 Å². The summed E-state index contributed by atoms with van der Waals surface area (Å²) in [5.74, 6) is -0.783. The van der Waals surface area contributed by atoms with Crippen molar-refractivity contribution in [1.29, 1.82) is 0 Å². The van der Waals surface area contributed by atoms with E-state index in [4.69, 9.17) is 0 Å². The molecule has 0 aromatic heterocycles. The quantitative estimate of drug-likeness (QED) is 0.604. The molecule has 0 atom stereocenters. The third kappa shape index (κ3) is 3.78. The Morgan fingerprint density at radius 3 is 2.50 bits per heavy atom. The zero-order valence-corrected chi connectivity index (χ0v) is 17.2. The summed E-state index contributed by atoms with van der Waals surface area (Å²) in [5.41, 5.74) is 3.69. The molecule has 2 aromatic rings. The number of benzene rings is 2. The first kappa shape index (κ1) is 20.0. The zero-order valence-electron chi connectivity index (χ0n) is 17.2. The molecule has 0 spiro atoms. The lowest BCUT2D eigenvalue weighted by Gasteiger charge is -2.32. The van der Waals surface area contributed by atoms with Crippen molar-refractivity contribution < 1.29 is 19.3 Å². The van der Waals surface area contributed by atoms with E-state index in [1.165, 1.54) is 22.1 Å². The lowest BCUT2D eigenvalue weighted by Crippen LogP contribution is -3.13. The van der Waals surface area contributed by atoms with Gasteiger partial charge in [0.1, 0.15) is 6.54 Å². The predicted molar refractivity (Wildman–Crippen MR) is 113 cm³/mol. The molecule has 0 unspecified atom stereocenters. The van der Waals surface area contributed by atoms with Crippen molar-refractivity contribution in [2.45, 2.75) is 13.5 Å². The number of carbonyl (C=O) groups is 3. The molecule has 4 rings (SSSR count). The average molecular weight is 404 g/mol. The van der Waals surface area contributed by atoms with Crippen molar-refractivity contribution >= 4 is 17.7 Å². The highest BCUT2D eigenvalue weighted by atomic mass is 16.2. The molecule has 6 nitrogen and oxygen atoms in total. The number of imide groups is 1. The first-order chi connectivity index (χ1) is 14.5. The Morgan fingerprint density at radius 1 is 1.07 bits per heavy atom. The smallest absolute Gasteiger partial charge is 0.261 e. The van der Waals surface area contributed by atoms with Crippen molar-refractivity contribution in [2.24, 2.45) is 0 Å². The average Bonchev–Trinajstić information content (AvgIpc) is 2.98. The maximum absolute atomic E-state index is 13.0. The van der Waals surface area contributed by atoms with Crippen molar-refractivity contribution in [2.75, 3.05) is 32.7 Å². The van der Waals surface area contributed by atoms with Crippen LogP contribution < -0.4 is 4.90 Å². The zero-order chi connectivity index (χ0) is 21.3. The van der Waals surface area contributed by atoms with Gasteiger partial charge in [-0.1, -0.05) is 35.9 Å². The van der Waals surface area contributed by atoms with E-state index in [1.807, 2.05) is 4.90 Å². The van der Waals surface area contributed by atoms with Gasteiger partial charge in [0.25, 0.3) is 17.7 Å². The van der Waals surface area contributed by atoms with Crippen molar-refractivity contribution in [1.82, 2.24) is 9.80 Å². The van der Waals surface area contributed by atoms with Gasteiger partial charge < -0.3 is 9.80 Å². The molecule has 2 heterocycles. The SMILES string of the molecule is C=CCN1C(=O)c2ccc(C(=O)N3CC[NH+](Cc4cccc(C)c4)CC3)cc2C1=O. The molecule has 154 valence electrons. The van der Waals surface area contributed by atoms with E-state index in [1.54, 1.807) is 18.2 Å². The summed E-state index contributed by atoms with van der Waals surface area (Å²) in [5, 5.41) is 0. The summed E-state index contributed by atoms with van der Waals surface area (Å²) in [6.45, 7) is 9.93. The number of aryl methyl sites for hydroxylation is 1. The van der Waals surface area contributed by atoms with Gasteiger partial charge in [-0.15, -0.1) is 6.58 Å². The first-order valence-corrected chi connectivity index (χ1v) is 10.3. The Bertz CT molecular complexity index is 1020. The number of nitrogens with one attached hydrogen (secondary N) is 1. The van der Waals surface area contributed by atoms with Crippen LogP contribution in [-0.2, 0) is 6.54 Å². The van der Waals surface area contributed by atoms with E-state index in [9.17, 15) is 14.4 Å². The standard InChI is InChI=1S/C24H25N3O3/c1-3-9-27-23(29)20-8-7-19(15-21(20)24(27)30)22(28)26-12-10-25(11-13-26)16-18-6-4-5-17(2)14-18/h3-8,14-15H,1,9-13,16H2,2H3/p+1. The highest BCUT2D eigenvalue weighted by molar-refractivity contribution is 6.22. The molecule has 1 saturated heterocycles. The number of fused-ring (bicyclic) bond motifs is 1. The number of hydrogen-bond acceptors (Lipinski definition) is 3. The molecule has 1 fully saturated rings. The molecule has 0 saturated carbocycles. The van der Waals surface area contributed by atoms with Crippen molar-refractivity contribution in [3.8, 4) is 0 Å². The highest BCUT2D eigenvalue weighted by Gasteiger charge is 2.35. The number of amides is 3. The Labute approximate surface area is 176 Å². The molecule has 3 amide bonds. The Balaban J connectivity index is 1.41. The minimum atomic E-state index is -0.364. The Kier molecular flexibility index (Phi) is 5.50. The summed E-state index contributed by atoms with van der Waals surface area (Å²) in [4.78, 5) is 42.3. The lowest BCUT2D eigenvalue weighted by molar-refractivity contribution is -0.917. The van der Waals surface area contributed by atoms with Gasteiger partial charge in [0.15, 0.2) is 0 Å². The Hall–Kier alpha value is -3.25. The topological polar surface area (TPSA) is 62.1 Å². The number of carbonyl (C=O) groups excluding carboxylic acids is 3. The van der Waals surface area contributed by atoms with E-state index in [0.717, 1.165) is 24.5 Å². The minimum Gasteiger partial charge on any atom is -0.328 e. The largest absolute Gasteiger partial charge is 0.328 e. The summed E-state index contributed by atoms with van der Waals surface area (Å²) >= 11 is 0. The van der Waals surface area contributed by atoms with E-state index in [0.29, 0.717) is 29.8 Å². The molecule has 1 N–H and O–H groups in total. The van der Waals surface area contributed by atoms with Crippen LogP contribution in [0, 0.1) is 6.92 Å². The second-order valence-electron chi connectivity index (χ2n) is 7.98. The number of nitrogens with zero attached hydrogens (tertiary/aromatic N) is 2.